The van der Waals surface area contributed by atoms with Gasteiger partial charge in [0.15, 0.2) is 22.9 Å². The molecular formula is C20H14FN3O4. The summed E-state index contributed by atoms with van der Waals surface area (Å²) in [5.41, 5.74) is 1.72. The number of benzene rings is 1. The molecule has 0 bridgehead atoms. The number of pyridine rings is 1. The van der Waals surface area contributed by atoms with E-state index in [1.54, 1.807) is 30.6 Å². The molecule has 0 radical (unpaired) electrons. The molecule has 28 heavy (non-hydrogen) atoms. The molecule has 0 atom stereocenters. The Morgan fingerprint density at radius 1 is 1.25 bits per heavy atom. The van der Waals surface area contributed by atoms with Crippen molar-refractivity contribution in [3.05, 3.63) is 70.9 Å². The maximum Gasteiger partial charge on any atom is 0.345 e. The highest BCUT2D eigenvalue weighted by Crippen LogP contribution is 2.38. The smallest absolute Gasteiger partial charge is 0.345 e. The van der Waals surface area contributed by atoms with Gasteiger partial charge in [0.25, 0.3) is 0 Å². The van der Waals surface area contributed by atoms with E-state index in [2.05, 4.69) is 15.3 Å². The summed E-state index contributed by atoms with van der Waals surface area (Å²) in [4.78, 5) is 19.9. The van der Waals surface area contributed by atoms with Crippen molar-refractivity contribution in [1.29, 1.82) is 0 Å². The number of nitrogens with one attached hydrogen (secondary N) is 1. The average molecular weight is 379 g/mol. The number of carboxylic acid groups (broad SMARTS) is 1. The van der Waals surface area contributed by atoms with Crippen molar-refractivity contribution in [2.24, 2.45) is 4.99 Å². The van der Waals surface area contributed by atoms with Gasteiger partial charge >= 0.3 is 5.97 Å². The molecule has 0 amide bonds. The SMILES string of the molecule is O=C(O)c1c(NCc2ccc(F)cc2)oc(C=C2C=Nc3ncccc32)c1O. The molecule has 3 N–H and O–H groups in total. The zero-order chi connectivity index (χ0) is 19.7. The first-order valence-electron chi connectivity index (χ1n) is 8.31. The molecule has 1 aromatic carbocycles. The number of rotatable bonds is 5. The van der Waals surface area contributed by atoms with Crippen LogP contribution in [0.2, 0.25) is 0 Å². The molecule has 3 heterocycles. The Morgan fingerprint density at radius 3 is 2.79 bits per heavy atom. The fraction of sp³-hybridized carbons (Fsp3) is 0.0500. The highest BCUT2D eigenvalue weighted by Gasteiger charge is 2.25. The molecule has 3 aromatic rings. The minimum absolute atomic E-state index is 0.0165. The number of nitrogens with zero attached hydrogens (tertiary/aromatic N) is 2. The summed E-state index contributed by atoms with van der Waals surface area (Å²) < 4.78 is 18.6. The minimum Gasteiger partial charge on any atom is -0.504 e. The van der Waals surface area contributed by atoms with E-state index in [0.717, 1.165) is 11.1 Å². The van der Waals surface area contributed by atoms with E-state index < -0.39 is 11.7 Å². The molecule has 1 aliphatic rings. The number of aliphatic imine (C=N–C) groups is 1. The highest BCUT2D eigenvalue weighted by molar-refractivity contribution is 6.21. The van der Waals surface area contributed by atoms with Crippen LogP contribution >= 0.6 is 0 Å². The number of carboxylic acids is 1. The Labute approximate surface area is 158 Å². The van der Waals surface area contributed by atoms with E-state index in [1.807, 2.05) is 6.07 Å². The first-order chi connectivity index (χ1) is 13.5. The Kier molecular flexibility index (Phi) is 4.36. The first kappa shape index (κ1) is 17.5. The number of fused-ring (bicyclic) bond motifs is 1. The van der Waals surface area contributed by atoms with Crippen LogP contribution in [0, 0.1) is 5.82 Å². The molecule has 0 spiro atoms. The Balaban J connectivity index is 1.65. The maximum atomic E-state index is 13.0. The summed E-state index contributed by atoms with van der Waals surface area (Å²) in [5.74, 6) is -1.78. The molecule has 0 saturated carbocycles. The van der Waals surface area contributed by atoms with Crippen LogP contribution in [-0.2, 0) is 6.54 Å². The summed E-state index contributed by atoms with van der Waals surface area (Å²) in [7, 11) is 0. The lowest BCUT2D eigenvalue weighted by atomic mass is 10.1. The second kappa shape index (κ2) is 6.99. The van der Waals surface area contributed by atoms with Crippen molar-refractivity contribution in [3.8, 4) is 5.75 Å². The lowest BCUT2D eigenvalue weighted by Crippen LogP contribution is -2.04. The molecule has 8 heteroatoms. The normalized spacial score (nSPS) is 13.7. The topological polar surface area (TPSA) is 108 Å². The molecule has 2 aromatic heterocycles. The van der Waals surface area contributed by atoms with Crippen LogP contribution in [0.3, 0.4) is 0 Å². The number of carbonyl (C=O) groups is 1. The van der Waals surface area contributed by atoms with Crippen LogP contribution in [0.4, 0.5) is 16.1 Å². The van der Waals surface area contributed by atoms with E-state index in [1.165, 1.54) is 18.2 Å². The third kappa shape index (κ3) is 3.23. The second-order valence-corrected chi connectivity index (χ2v) is 6.04. The van der Waals surface area contributed by atoms with Crippen LogP contribution in [0.15, 0.2) is 52.0 Å². The molecule has 7 nitrogen and oxygen atoms in total. The van der Waals surface area contributed by atoms with Gasteiger partial charge in [-0.15, -0.1) is 0 Å². The van der Waals surface area contributed by atoms with Gasteiger partial charge < -0.3 is 19.9 Å². The molecule has 4 rings (SSSR count). The quantitative estimate of drug-likeness (QED) is 0.616. The maximum absolute atomic E-state index is 13.0. The van der Waals surface area contributed by atoms with Gasteiger partial charge in [0.1, 0.15) is 5.82 Å². The Bertz CT molecular complexity index is 1120. The van der Waals surface area contributed by atoms with Crippen molar-refractivity contribution in [2.45, 2.75) is 6.54 Å². The number of furan rings is 1. The van der Waals surface area contributed by atoms with Crippen LogP contribution in [0.25, 0.3) is 11.6 Å². The van der Waals surface area contributed by atoms with E-state index in [0.29, 0.717) is 11.4 Å². The third-order valence-electron chi connectivity index (χ3n) is 4.20. The third-order valence-corrected chi connectivity index (χ3v) is 4.20. The fourth-order valence-electron chi connectivity index (χ4n) is 2.83. The summed E-state index contributed by atoms with van der Waals surface area (Å²) >= 11 is 0. The summed E-state index contributed by atoms with van der Waals surface area (Å²) in [6.45, 7) is 0.192. The number of halogens is 1. The van der Waals surface area contributed by atoms with Crippen molar-refractivity contribution < 1.29 is 23.8 Å². The molecule has 1 aliphatic heterocycles. The van der Waals surface area contributed by atoms with Crippen LogP contribution in [-0.4, -0.2) is 27.4 Å². The molecule has 0 unspecified atom stereocenters. The lowest BCUT2D eigenvalue weighted by Gasteiger charge is -2.04. The first-order valence-corrected chi connectivity index (χ1v) is 8.31. The van der Waals surface area contributed by atoms with E-state index >= 15 is 0 Å². The van der Waals surface area contributed by atoms with Gasteiger partial charge in [-0.2, -0.15) is 0 Å². The highest BCUT2D eigenvalue weighted by atomic mass is 19.1. The number of hydrogen-bond donors (Lipinski definition) is 3. The molecule has 0 fully saturated rings. The zero-order valence-electron chi connectivity index (χ0n) is 14.4. The Morgan fingerprint density at radius 2 is 2.04 bits per heavy atom. The van der Waals surface area contributed by atoms with Crippen molar-refractivity contribution in [3.63, 3.8) is 0 Å². The predicted molar refractivity (Wildman–Crippen MR) is 101 cm³/mol. The van der Waals surface area contributed by atoms with Gasteiger partial charge in [-0.05, 0) is 35.9 Å². The molecule has 140 valence electrons. The lowest BCUT2D eigenvalue weighted by molar-refractivity contribution is 0.0694. The molecular weight excluding hydrogens is 365 g/mol. The summed E-state index contributed by atoms with van der Waals surface area (Å²) in [6.07, 6.45) is 4.68. The van der Waals surface area contributed by atoms with Gasteiger partial charge in [0.05, 0.1) is 0 Å². The van der Waals surface area contributed by atoms with Crippen LogP contribution < -0.4 is 5.32 Å². The van der Waals surface area contributed by atoms with E-state index in [9.17, 15) is 19.4 Å². The van der Waals surface area contributed by atoms with Gasteiger partial charge in [-0.3, -0.25) is 0 Å². The second-order valence-electron chi connectivity index (χ2n) is 6.04. The summed E-state index contributed by atoms with van der Waals surface area (Å²) in [5, 5.41) is 22.6. The van der Waals surface area contributed by atoms with Crippen molar-refractivity contribution in [1.82, 2.24) is 4.98 Å². The average Bonchev–Trinajstić information content (AvgIpc) is 3.23. The summed E-state index contributed by atoms with van der Waals surface area (Å²) in [6, 6.07) is 9.29. The van der Waals surface area contributed by atoms with Crippen molar-refractivity contribution >= 4 is 35.5 Å². The number of hydrogen-bond acceptors (Lipinski definition) is 6. The standard InChI is InChI=1S/C20H14FN3O4/c21-13-5-3-11(4-6-13)9-24-19-16(20(26)27)17(25)15(28-19)8-12-10-23-18-14(12)2-1-7-22-18/h1-8,10,24-25H,9H2,(H,26,27). The fourth-order valence-corrected chi connectivity index (χ4v) is 2.83. The Hall–Kier alpha value is -3.94. The van der Waals surface area contributed by atoms with Gasteiger partial charge in [-0.25, -0.2) is 19.2 Å². The van der Waals surface area contributed by atoms with Crippen LogP contribution in [0.5, 0.6) is 5.75 Å². The van der Waals surface area contributed by atoms with Crippen LogP contribution in [0.1, 0.15) is 27.2 Å². The molecule has 0 aliphatic carbocycles. The number of allylic oxidation sites excluding steroid dienone is 1. The number of aromatic carboxylic acids is 1. The number of aromatic hydroxyl groups is 1. The van der Waals surface area contributed by atoms with Crippen molar-refractivity contribution in [2.75, 3.05) is 5.32 Å². The minimum atomic E-state index is -1.34. The molecule has 0 saturated heterocycles. The number of anilines is 1. The van der Waals surface area contributed by atoms with Gasteiger partial charge in [-0.1, -0.05) is 12.1 Å². The van der Waals surface area contributed by atoms with Gasteiger partial charge in [0, 0.05) is 30.1 Å². The monoisotopic (exact) mass is 379 g/mol. The van der Waals surface area contributed by atoms with E-state index in [4.69, 9.17) is 4.42 Å². The predicted octanol–water partition coefficient (Wildman–Crippen LogP) is 4.09. The number of aromatic nitrogens is 1. The van der Waals surface area contributed by atoms with Gasteiger partial charge in [0.2, 0.25) is 5.88 Å². The zero-order valence-corrected chi connectivity index (χ0v) is 14.4. The van der Waals surface area contributed by atoms with E-state index in [-0.39, 0.29) is 29.6 Å². The largest absolute Gasteiger partial charge is 0.504 e.